The van der Waals surface area contributed by atoms with Crippen molar-refractivity contribution in [3.05, 3.63) is 40.9 Å². The predicted molar refractivity (Wildman–Crippen MR) is 109 cm³/mol. The maximum atomic E-state index is 12.1. The van der Waals surface area contributed by atoms with Crippen molar-refractivity contribution < 1.29 is 18.0 Å². The topological polar surface area (TPSA) is 117 Å². The molecule has 1 aromatic carbocycles. The fourth-order valence-electron chi connectivity index (χ4n) is 2.04. The summed E-state index contributed by atoms with van der Waals surface area (Å²) in [6.07, 6.45) is 0. The zero-order chi connectivity index (χ0) is 20.9. The summed E-state index contributed by atoms with van der Waals surface area (Å²) in [6.45, 7) is 7.16. The van der Waals surface area contributed by atoms with Crippen molar-refractivity contribution in [2.24, 2.45) is 0 Å². The first kappa shape index (κ1) is 22.0. The highest BCUT2D eigenvalue weighted by Gasteiger charge is 2.19. The largest absolute Gasteiger partial charge is 0.346 e. The first-order valence-corrected chi connectivity index (χ1v) is 10.9. The fraction of sp³-hybridized carbons (Fsp3) is 0.389. The van der Waals surface area contributed by atoms with Crippen LogP contribution in [0.5, 0.6) is 0 Å². The molecule has 2 rings (SSSR count). The highest BCUT2D eigenvalue weighted by Crippen LogP contribution is 2.26. The van der Waals surface area contributed by atoms with E-state index in [2.05, 4.69) is 20.3 Å². The van der Waals surface area contributed by atoms with E-state index >= 15 is 0 Å². The van der Waals surface area contributed by atoms with Crippen LogP contribution in [0, 0.1) is 6.92 Å². The summed E-state index contributed by atoms with van der Waals surface area (Å²) >= 11 is 1.30. The number of amides is 2. The van der Waals surface area contributed by atoms with Gasteiger partial charge in [-0.3, -0.25) is 9.59 Å². The van der Waals surface area contributed by atoms with Gasteiger partial charge in [-0.15, -0.1) is 11.3 Å². The lowest BCUT2D eigenvalue weighted by atomic mass is 9.93. The highest BCUT2D eigenvalue weighted by molar-refractivity contribution is 7.89. The number of anilines is 1. The minimum atomic E-state index is -3.79. The number of carbonyl (C=O) groups excluding carboxylic acids is 2. The molecule has 2 amide bonds. The van der Waals surface area contributed by atoms with Crippen LogP contribution in [-0.2, 0) is 25.0 Å². The molecule has 28 heavy (non-hydrogen) atoms. The molecule has 0 aliphatic rings. The van der Waals surface area contributed by atoms with Gasteiger partial charge in [0.25, 0.3) is 0 Å². The van der Waals surface area contributed by atoms with Gasteiger partial charge in [0.2, 0.25) is 21.8 Å². The summed E-state index contributed by atoms with van der Waals surface area (Å²) in [5.74, 6) is -1.05. The van der Waals surface area contributed by atoms with Gasteiger partial charge in [-0.05, 0) is 19.1 Å². The Morgan fingerprint density at radius 2 is 1.71 bits per heavy atom. The van der Waals surface area contributed by atoms with Crippen LogP contribution < -0.4 is 15.4 Å². The van der Waals surface area contributed by atoms with Crippen LogP contribution in [-0.4, -0.2) is 38.3 Å². The first-order valence-electron chi connectivity index (χ1n) is 8.56. The Kier molecular flexibility index (Phi) is 6.91. The third-order valence-corrected chi connectivity index (χ3v) is 5.89. The number of hydrogen-bond acceptors (Lipinski definition) is 6. The van der Waals surface area contributed by atoms with E-state index in [1.165, 1.54) is 23.5 Å². The number of aromatic nitrogens is 1. The van der Waals surface area contributed by atoms with E-state index in [1.807, 2.05) is 33.1 Å². The molecular formula is C18H24N4O4S2. The average molecular weight is 425 g/mol. The number of rotatable bonds is 7. The van der Waals surface area contributed by atoms with Crippen LogP contribution in [0.15, 0.2) is 34.5 Å². The van der Waals surface area contributed by atoms with E-state index in [4.69, 9.17) is 0 Å². The van der Waals surface area contributed by atoms with E-state index in [0.717, 1.165) is 11.3 Å². The van der Waals surface area contributed by atoms with Gasteiger partial charge < -0.3 is 10.6 Å². The molecule has 0 aliphatic heterocycles. The molecule has 0 aliphatic carbocycles. The second-order valence-electron chi connectivity index (χ2n) is 7.25. The summed E-state index contributed by atoms with van der Waals surface area (Å²) in [7, 11) is -3.79. The zero-order valence-corrected chi connectivity index (χ0v) is 17.8. The molecule has 3 N–H and O–H groups in total. The van der Waals surface area contributed by atoms with Crippen LogP contribution in [0.25, 0.3) is 0 Å². The molecule has 0 saturated heterocycles. The van der Waals surface area contributed by atoms with Gasteiger partial charge in [0.1, 0.15) is 0 Å². The Morgan fingerprint density at radius 1 is 1.07 bits per heavy atom. The van der Waals surface area contributed by atoms with Gasteiger partial charge in [-0.25, -0.2) is 18.1 Å². The third-order valence-electron chi connectivity index (χ3n) is 3.72. The molecule has 152 valence electrons. The lowest BCUT2D eigenvalue weighted by molar-refractivity contribution is -0.123. The molecule has 0 bridgehead atoms. The normalized spacial score (nSPS) is 11.9. The number of nitrogens with one attached hydrogen (secondary N) is 3. The Morgan fingerprint density at radius 3 is 2.29 bits per heavy atom. The van der Waals surface area contributed by atoms with E-state index in [1.54, 1.807) is 12.1 Å². The van der Waals surface area contributed by atoms with E-state index in [-0.39, 0.29) is 16.9 Å². The van der Waals surface area contributed by atoms with E-state index in [9.17, 15) is 18.0 Å². The van der Waals surface area contributed by atoms with Crippen LogP contribution in [0.4, 0.5) is 5.13 Å². The van der Waals surface area contributed by atoms with Gasteiger partial charge in [0.15, 0.2) is 5.13 Å². The molecule has 0 unspecified atom stereocenters. The van der Waals surface area contributed by atoms with Crippen LogP contribution in [0.1, 0.15) is 32.0 Å². The third kappa shape index (κ3) is 6.39. The summed E-state index contributed by atoms with van der Waals surface area (Å²) < 4.78 is 26.5. The maximum Gasteiger partial charge on any atom is 0.245 e. The number of hydrogen-bond donors (Lipinski definition) is 3. The standard InChI is InChI=1S/C18H24N4O4S2/c1-12-5-7-13(8-6-12)28(25,26)20-10-15(23)19-9-16(24)22-17-21-14(11-27-17)18(2,3)4/h5-8,11,20H,9-10H2,1-4H3,(H,19,23)(H,21,22,24). The Hall–Kier alpha value is -2.30. The van der Waals surface area contributed by atoms with Gasteiger partial charge in [0.05, 0.1) is 23.7 Å². The minimum absolute atomic E-state index is 0.0714. The first-order chi connectivity index (χ1) is 13.0. The molecule has 1 aromatic heterocycles. The van der Waals surface area contributed by atoms with Crippen LogP contribution in [0.2, 0.25) is 0 Å². The number of sulfonamides is 1. The molecule has 0 radical (unpaired) electrons. The Bertz CT molecular complexity index is 945. The molecule has 0 spiro atoms. The van der Waals surface area contributed by atoms with Crippen molar-refractivity contribution in [3.8, 4) is 0 Å². The second-order valence-corrected chi connectivity index (χ2v) is 9.88. The Balaban J connectivity index is 1.79. The van der Waals surface area contributed by atoms with Crippen molar-refractivity contribution in [1.82, 2.24) is 15.0 Å². The molecule has 10 heteroatoms. The maximum absolute atomic E-state index is 12.1. The van der Waals surface area contributed by atoms with Crippen molar-refractivity contribution in [1.29, 1.82) is 0 Å². The lowest BCUT2D eigenvalue weighted by Gasteiger charge is -2.14. The average Bonchev–Trinajstić information content (AvgIpc) is 3.07. The quantitative estimate of drug-likeness (QED) is 0.626. The predicted octanol–water partition coefficient (Wildman–Crippen LogP) is 1.78. The van der Waals surface area contributed by atoms with Gasteiger partial charge in [0, 0.05) is 10.8 Å². The minimum Gasteiger partial charge on any atom is -0.346 e. The number of aryl methyl sites for hydroxylation is 1. The van der Waals surface area contributed by atoms with Crippen molar-refractivity contribution >= 4 is 38.3 Å². The summed E-state index contributed by atoms with van der Waals surface area (Å²) in [4.78, 5) is 28.2. The second kappa shape index (κ2) is 8.80. The number of thiazole rings is 1. The van der Waals surface area contributed by atoms with Crippen molar-refractivity contribution in [2.45, 2.75) is 38.0 Å². The van der Waals surface area contributed by atoms with Crippen LogP contribution in [0.3, 0.4) is 0 Å². The number of nitrogens with zero attached hydrogens (tertiary/aromatic N) is 1. The van der Waals surface area contributed by atoms with Crippen molar-refractivity contribution in [3.63, 3.8) is 0 Å². The molecule has 0 saturated carbocycles. The molecule has 2 aromatic rings. The summed E-state index contributed by atoms with van der Waals surface area (Å²) in [6, 6.07) is 6.26. The fourth-order valence-corrected chi connectivity index (χ4v) is 3.98. The smallest absolute Gasteiger partial charge is 0.245 e. The lowest BCUT2D eigenvalue weighted by Crippen LogP contribution is -2.40. The molecule has 8 nitrogen and oxygen atoms in total. The van der Waals surface area contributed by atoms with Crippen LogP contribution >= 0.6 is 11.3 Å². The SMILES string of the molecule is Cc1ccc(S(=O)(=O)NCC(=O)NCC(=O)Nc2nc(C(C)(C)C)cs2)cc1. The molecule has 0 atom stereocenters. The van der Waals surface area contributed by atoms with Gasteiger partial charge in [-0.2, -0.15) is 0 Å². The van der Waals surface area contributed by atoms with E-state index in [0.29, 0.717) is 5.13 Å². The van der Waals surface area contributed by atoms with Gasteiger partial charge >= 0.3 is 0 Å². The highest BCUT2D eigenvalue weighted by atomic mass is 32.2. The van der Waals surface area contributed by atoms with Crippen molar-refractivity contribution in [2.75, 3.05) is 18.4 Å². The monoisotopic (exact) mass is 424 g/mol. The molecule has 0 fully saturated rings. The number of carbonyl (C=O) groups is 2. The Labute approximate surface area is 168 Å². The summed E-state index contributed by atoms with van der Waals surface area (Å²) in [5.41, 5.74) is 1.67. The molecule has 1 heterocycles. The van der Waals surface area contributed by atoms with Gasteiger partial charge in [-0.1, -0.05) is 38.5 Å². The summed E-state index contributed by atoms with van der Waals surface area (Å²) in [5, 5.41) is 7.30. The number of benzene rings is 1. The zero-order valence-electron chi connectivity index (χ0n) is 16.2. The van der Waals surface area contributed by atoms with E-state index < -0.39 is 28.4 Å². The molecular weight excluding hydrogens is 400 g/mol.